The van der Waals surface area contributed by atoms with E-state index in [4.69, 9.17) is 14.2 Å². The molecule has 0 spiro atoms. The summed E-state index contributed by atoms with van der Waals surface area (Å²) in [7, 11) is 0. The summed E-state index contributed by atoms with van der Waals surface area (Å²) in [5.74, 6) is 0.823. The van der Waals surface area contributed by atoms with Crippen LogP contribution in [0, 0.1) is 11.8 Å². The van der Waals surface area contributed by atoms with Crippen LogP contribution >= 0.6 is 0 Å². The van der Waals surface area contributed by atoms with E-state index in [1.165, 1.54) is 180 Å². The van der Waals surface area contributed by atoms with Crippen molar-refractivity contribution in [2.24, 2.45) is 11.8 Å². The Hall–Kier alpha value is -1.59. The summed E-state index contributed by atoms with van der Waals surface area (Å²) in [6.45, 7) is 11.3. The van der Waals surface area contributed by atoms with Crippen molar-refractivity contribution in [3.63, 3.8) is 0 Å². The van der Waals surface area contributed by atoms with Crippen LogP contribution in [0.15, 0.2) is 0 Å². The molecule has 0 radical (unpaired) electrons. The van der Waals surface area contributed by atoms with Crippen LogP contribution in [0.4, 0.5) is 0 Å². The number of esters is 3. The van der Waals surface area contributed by atoms with E-state index in [1.807, 2.05) is 0 Å². The van der Waals surface area contributed by atoms with Crippen molar-refractivity contribution in [2.45, 2.75) is 298 Å². The number of hydrogen-bond acceptors (Lipinski definition) is 6. The second kappa shape index (κ2) is 45.9. The number of rotatable bonds is 47. The van der Waals surface area contributed by atoms with Crippen LogP contribution in [0.5, 0.6) is 0 Å². The standard InChI is InChI=1S/C53H102O6/c1-6-7-8-9-26-35-40-45-53(56)59-50(47-58-52(55)44-39-34-30-25-21-20-23-28-32-37-42-49(4)5)46-57-51(54)43-38-33-29-24-19-17-15-13-11-10-12-14-16-18-22-27-31-36-41-48(2)3/h48-50H,6-47H2,1-5H3/t50-/m0/s1. The molecule has 0 aliphatic carbocycles. The first-order valence-corrected chi connectivity index (χ1v) is 26.2. The van der Waals surface area contributed by atoms with Crippen LogP contribution < -0.4 is 0 Å². The first-order valence-electron chi connectivity index (χ1n) is 26.2. The quantitative estimate of drug-likeness (QED) is 0.0345. The Morgan fingerprint density at radius 2 is 0.559 bits per heavy atom. The number of hydrogen-bond donors (Lipinski definition) is 0. The monoisotopic (exact) mass is 835 g/mol. The summed E-state index contributed by atoms with van der Waals surface area (Å²) in [5.41, 5.74) is 0. The van der Waals surface area contributed by atoms with E-state index in [9.17, 15) is 14.4 Å². The van der Waals surface area contributed by atoms with E-state index in [1.54, 1.807) is 0 Å². The lowest BCUT2D eigenvalue weighted by molar-refractivity contribution is -0.167. The summed E-state index contributed by atoms with van der Waals surface area (Å²) in [6.07, 6.45) is 46.8. The van der Waals surface area contributed by atoms with Gasteiger partial charge in [0, 0.05) is 19.3 Å². The number of unbranched alkanes of at least 4 members (excludes halogenated alkanes) is 32. The third kappa shape index (κ3) is 47.3. The van der Waals surface area contributed by atoms with E-state index in [2.05, 4.69) is 34.6 Å². The van der Waals surface area contributed by atoms with Gasteiger partial charge in [-0.25, -0.2) is 0 Å². The van der Waals surface area contributed by atoms with Gasteiger partial charge in [0.1, 0.15) is 13.2 Å². The van der Waals surface area contributed by atoms with Crippen molar-refractivity contribution in [2.75, 3.05) is 13.2 Å². The molecule has 0 aliphatic heterocycles. The molecular formula is C53H102O6. The molecule has 0 unspecified atom stereocenters. The van der Waals surface area contributed by atoms with Gasteiger partial charge in [-0.3, -0.25) is 14.4 Å². The molecule has 1 atom stereocenters. The number of carbonyl (C=O) groups excluding carboxylic acids is 3. The molecule has 6 nitrogen and oxygen atoms in total. The molecule has 350 valence electrons. The molecule has 0 fully saturated rings. The van der Waals surface area contributed by atoms with Crippen LogP contribution in [-0.2, 0) is 28.6 Å². The van der Waals surface area contributed by atoms with E-state index in [-0.39, 0.29) is 31.1 Å². The van der Waals surface area contributed by atoms with Gasteiger partial charge in [0.15, 0.2) is 6.10 Å². The minimum absolute atomic E-state index is 0.0642. The summed E-state index contributed by atoms with van der Waals surface area (Å²) < 4.78 is 16.7. The zero-order valence-corrected chi connectivity index (χ0v) is 40.4. The fourth-order valence-electron chi connectivity index (χ4n) is 7.99. The largest absolute Gasteiger partial charge is 0.462 e. The molecule has 0 heterocycles. The van der Waals surface area contributed by atoms with Gasteiger partial charge in [0.05, 0.1) is 0 Å². The maximum absolute atomic E-state index is 12.7. The molecule has 0 amide bonds. The Labute approximate surface area is 368 Å². The highest BCUT2D eigenvalue weighted by atomic mass is 16.6. The Kier molecular flexibility index (Phi) is 44.7. The van der Waals surface area contributed by atoms with Gasteiger partial charge in [0.25, 0.3) is 0 Å². The first-order chi connectivity index (χ1) is 28.7. The molecule has 0 aliphatic rings. The second-order valence-corrected chi connectivity index (χ2v) is 19.1. The van der Waals surface area contributed by atoms with Crippen LogP contribution in [0.3, 0.4) is 0 Å². The van der Waals surface area contributed by atoms with Crippen molar-refractivity contribution < 1.29 is 28.6 Å². The van der Waals surface area contributed by atoms with Gasteiger partial charge in [-0.1, -0.05) is 253 Å². The minimum Gasteiger partial charge on any atom is -0.462 e. The van der Waals surface area contributed by atoms with Gasteiger partial charge >= 0.3 is 17.9 Å². The topological polar surface area (TPSA) is 78.9 Å². The molecule has 6 heteroatoms. The maximum atomic E-state index is 12.7. The smallest absolute Gasteiger partial charge is 0.306 e. The van der Waals surface area contributed by atoms with Gasteiger partial charge in [-0.2, -0.15) is 0 Å². The molecular weight excluding hydrogens is 733 g/mol. The molecule has 0 aromatic rings. The summed E-state index contributed by atoms with van der Waals surface area (Å²) in [6, 6.07) is 0. The second-order valence-electron chi connectivity index (χ2n) is 19.1. The van der Waals surface area contributed by atoms with Crippen molar-refractivity contribution >= 4 is 17.9 Å². The Morgan fingerprint density at radius 3 is 0.831 bits per heavy atom. The molecule has 59 heavy (non-hydrogen) atoms. The van der Waals surface area contributed by atoms with E-state index >= 15 is 0 Å². The molecule has 0 aromatic carbocycles. The van der Waals surface area contributed by atoms with E-state index in [0.717, 1.165) is 69.6 Å². The fraction of sp³-hybridized carbons (Fsp3) is 0.943. The Balaban J connectivity index is 4.10. The number of ether oxygens (including phenoxy) is 3. The molecule has 0 N–H and O–H groups in total. The van der Waals surface area contributed by atoms with Gasteiger partial charge in [-0.05, 0) is 31.1 Å². The highest BCUT2D eigenvalue weighted by Crippen LogP contribution is 2.17. The maximum Gasteiger partial charge on any atom is 0.306 e. The van der Waals surface area contributed by atoms with Crippen molar-refractivity contribution in [1.29, 1.82) is 0 Å². The first kappa shape index (κ1) is 57.4. The lowest BCUT2D eigenvalue weighted by atomic mass is 10.0. The zero-order chi connectivity index (χ0) is 43.3. The van der Waals surface area contributed by atoms with Crippen molar-refractivity contribution in [1.82, 2.24) is 0 Å². The van der Waals surface area contributed by atoms with Crippen molar-refractivity contribution in [3.8, 4) is 0 Å². The van der Waals surface area contributed by atoms with Crippen LogP contribution in [0.2, 0.25) is 0 Å². The normalized spacial score (nSPS) is 12.1. The third-order valence-electron chi connectivity index (χ3n) is 12.0. The highest BCUT2D eigenvalue weighted by molar-refractivity contribution is 5.71. The lowest BCUT2D eigenvalue weighted by Crippen LogP contribution is -2.30. The lowest BCUT2D eigenvalue weighted by Gasteiger charge is -2.18. The zero-order valence-electron chi connectivity index (χ0n) is 40.4. The van der Waals surface area contributed by atoms with Crippen molar-refractivity contribution in [3.05, 3.63) is 0 Å². The summed E-state index contributed by atoms with van der Waals surface area (Å²) >= 11 is 0. The average Bonchev–Trinajstić information content (AvgIpc) is 3.20. The van der Waals surface area contributed by atoms with Crippen LogP contribution in [0.1, 0.15) is 291 Å². The molecule has 0 bridgehead atoms. The van der Waals surface area contributed by atoms with Gasteiger partial charge < -0.3 is 14.2 Å². The minimum atomic E-state index is -0.760. The number of carbonyl (C=O) groups is 3. The molecule has 0 saturated heterocycles. The SMILES string of the molecule is CCCCCCCCCC(=O)O[C@@H](COC(=O)CCCCCCCCCCCCCCCCCCCCC(C)C)COC(=O)CCCCCCCCCCCCC(C)C. The average molecular weight is 835 g/mol. The summed E-state index contributed by atoms with van der Waals surface area (Å²) in [4.78, 5) is 37.8. The summed E-state index contributed by atoms with van der Waals surface area (Å²) in [5, 5.41) is 0. The Bertz CT molecular complexity index is 900. The fourth-order valence-corrected chi connectivity index (χ4v) is 7.99. The third-order valence-corrected chi connectivity index (χ3v) is 12.0. The highest BCUT2D eigenvalue weighted by Gasteiger charge is 2.19. The molecule has 0 saturated carbocycles. The molecule has 0 aromatic heterocycles. The van der Waals surface area contributed by atoms with Crippen LogP contribution in [-0.4, -0.2) is 37.2 Å². The van der Waals surface area contributed by atoms with Crippen LogP contribution in [0.25, 0.3) is 0 Å². The predicted molar refractivity (Wildman–Crippen MR) is 252 cm³/mol. The Morgan fingerprint density at radius 1 is 0.322 bits per heavy atom. The van der Waals surface area contributed by atoms with E-state index in [0.29, 0.717) is 19.3 Å². The van der Waals surface area contributed by atoms with Gasteiger partial charge in [-0.15, -0.1) is 0 Å². The van der Waals surface area contributed by atoms with Gasteiger partial charge in [0.2, 0.25) is 0 Å². The molecule has 0 rings (SSSR count). The van der Waals surface area contributed by atoms with E-state index < -0.39 is 6.10 Å². The predicted octanol–water partition coefficient (Wildman–Crippen LogP) is 16.9.